The summed E-state index contributed by atoms with van der Waals surface area (Å²) >= 11 is 0. The molecule has 0 atom stereocenters. The quantitative estimate of drug-likeness (QED) is 0.634. The van der Waals surface area contributed by atoms with E-state index in [9.17, 15) is 14.9 Å². The molecule has 0 bridgehead atoms. The van der Waals surface area contributed by atoms with Gasteiger partial charge in [0.2, 0.25) is 0 Å². The Morgan fingerprint density at radius 2 is 1.92 bits per heavy atom. The molecule has 0 aliphatic carbocycles. The minimum absolute atomic E-state index is 0.0915. The van der Waals surface area contributed by atoms with Gasteiger partial charge >= 0.3 is 0 Å². The number of nitro benzene ring substituents is 1. The van der Waals surface area contributed by atoms with E-state index in [1.165, 1.54) is 19.2 Å². The fraction of sp³-hybridized carbons (Fsp3) is 0.278. The van der Waals surface area contributed by atoms with E-state index in [1.54, 1.807) is 6.92 Å². The summed E-state index contributed by atoms with van der Waals surface area (Å²) < 4.78 is 10.5. The molecule has 0 unspecified atom stereocenters. The number of nitrogens with zero attached hydrogens (tertiary/aromatic N) is 1. The lowest BCUT2D eigenvalue weighted by Gasteiger charge is -2.13. The van der Waals surface area contributed by atoms with Gasteiger partial charge in [0.1, 0.15) is 5.56 Å². The molecule has 0 aromatic heterocycles. The SMILES string of the molecule is CCOc1cc([N+](=O)[O-])c(C(=O)Nc2cc(C)ccc2C)cc1OC. The topological polar surface area (TPSA) is 90.7 Å². The van der Waals surface area contributed by atoms with Crippen molar-refractivity contribution in [3.63, 3.8) is 0 Å². The number of amides is 1. The van der Waals surface area contributed by atoms with Crippen molar-refractivity contribution < 1.29 is 19.2 Å². The summed E-state index contributed by atoms with van der Waals surface area (Å²) in [6.07, 6.45) is 0. The van der Waals surface area contributed by atoms with Crippen LogP contribution in [-0.4, -0.2) is 24.5 Å². The average Bonchev–Trinajstić information content (AvgIpc) is 2.57. The average molecular weight is 344 g/mol. The van der Waals surface area contributed by atoms with Crippen molar-refractivity contribution in [2.45, 2.75) is 20.8 Å². The molecule has 0 radical (unpaired) electrons. The van der Waals surface area contributed by atoms with Gasteiger partial charge in [-0.1, -0.05) is 12.1 Å². The number of ether oxygens (including phenoxy) is 2. The minimum Gasteiger partial charge on any atom is -0.493 e. The maximum absolute atomic E-state index is 12.6. The number of rotatable bonds is 6. The van der Waals surface area contributed by atoms with Gasteiger partial charge in [-0.05, 0) is 38.0 Å². The summed E-state index contributed by atoms with van der Waals surface area (Å²) in [7, 11) is 1.41. The third kappa shape index (κ3) is 4.06. The Bertz CT molecular complexity index is 817. The third-order valence-electron chi connectivity index (χ3n) is 3.66. The summed E-state index contributed by atoms with van der Waals surface area (Å²) in [6.45, 7) is 5.83. The van der Waals surface area contributed by atoms with Crippen LogP contribution in [0.15, 0.2) is 30.3 Å². The van der Waals surface area contributed by atoms with Gasteiger partial charge in [0.05, 0.1) is 24.7 Å². The molecule has 7 heteroatoms. The Morgan fingerprint density at radius 3 is 2.52 bits per heavy atom. The van der Waals surface area contributed by atoms with Crippen molar-refractivity contribution in [1.82, 2.24) is 0 Å². The standard InChI is InChI=1S/C18H20N2O5/c1-5-25-17-10-15(20(22)23)13(9-16(17)24-4)18(21)19-14-8-11(2)6-7-12(14)3/h6-10H,5H2,1-4H3,(H,19,21). The van der Waals surface area contributed by atoms with Gasteiger partial charge < -0.3 is 14.8 Å². The minimum atomic E-state index is -0.611. The van der Waals surface area contributed by atoms with Gasteiger partial charge in [-0.15, -0.1) is 0 Å². The van der Waals surface area contributed by atoms with Crippen molar-refractivity contribution in [3.8, 4) is 11.5 Å². The highest BCUT2D eigenvalue weighted by atomic mass is 16.6. The molecule has 132 valence electrons. The van der Waals surface area contributed by atoms with Gasteiger partial charge in [-0.25, -0.2) is 0 Å². The third-order valence-corrected chi connectivity index (χ3v) is 3.66. The summed E-state index contributed by atoms with van der Waals surface area (Å²) in [5, 5.41) is 14.1. The molecule has 0 aliphatic heterocycles. The molecule has 0 fully saturated rings. The molecule has 0 aliphatic rings. The highest BCUT2D eigenvalue weighted by Crippen LogP contribution is 2.35. The number of anilines is 1. The normalized spacial score (nSPS) is 10.2. The van der Waals surface area contributed by atoms with Gasteiger partial charge in [0, 0.05) is 11.8 Å². The number of benzene rings is 2. The van der Waals surface area contributed by atoms with Crippen LogP contribution in [0.5, 0.6) is 11.5 Å². The van der Waals surface area contributed by atoms with Crippen molar-refractivity contribution in [2.24, 2.45) is 0 Å². The first-order valence-electron chi connectivity index (χ1n) is 7.75. The second-order valence-electron chi connectivity index (χ2n) is 5.48. The van der Waals surface area contributed by atoms with E-state index >= 15 is 0 Å². The van der Waals surface area contributed by atoms with Crippen molar-refractivity contribution in [2.75, 3.05) is 19.0 Å². The Kier molecular flexibility index (Phi) is 5.59. The number of carbonyl (C=O) groups is 1. The molecule has 25 heavy (non-hydrogen) atoms. The predicted octanol–water partition coefficient (Wildman–Crippen LogP) is 3.87. The number of hydrogen-bond acceptors (Lipinski definition) is 5. The number of hydrogen-bond donors (Lipinski definition) is 1. The summed E-state index contributed by atoms with van der Waals surface area (Å²) in [4.78, 5) is 23.4. The summed E-state index contributed by atoms with van der Waals surface area (Å²) in [5.41, 5.74) is 2.00. The van der Waals surface area contributed by atoms with Gasteiger partial charge in [-0.3, -0.25) is 14.9 Å². The molecular formula is C18H20N2O5. The molecule has 2 aromatic rings. The fourth-order valence-electron chi connectivity index (χ4n) is 2.37. The monoisotopic (exact) mass is 344 g/mol. The second kappa shape index (κ2) is 7.65. The number of methoxy groups -OCH3 is 1. The van der Waals surface area contributed by atoms with E-state index in [2.05, 4.69) is 5.32 Å². The van der Waals surface area contributed by atoms with Crippen LogP contribution in [0.3, 0.4) is 0 Å². The molecule has 0 spiro atoms. The lowest BCUT2D eigenvalue weighted by molar-refractivity contribution is -0.385. The van der Waals surface area contributed by atoms with Crippen LogP contribution < -0.4 is 14.8 Å². The smallest absolute Gasteiger partial charge is 0.286 e. The van der Waals surface area contributed by atoms with E-state index in [4.69, 9.17) is 9.47 Å². The van der Waals surface area contributed by atoms with E-state index in [1.807, 2.05) is 32.0 Å². The maximum atomic E-state index is 12.6. The lowest BCUT2D eigenvalue weighted by atomic mass is 10.1. The maximum Gasteiger partial charge on any atom is 0.286 e. The number of carbonyl (C=O) groups excluding carboxylic acids is 1. The molecule has 1 amide bonds. The Hall–Kier alpha value is -3.09. The molecule has 7 nitrogen and oxygen atoms in total. The van der Waals surface area contributed by atoms with E-state index < -0.39 is 10.8 Å². The molecule has 0 heterocycles. The number of nitro groups is 1. The van der Waals surface area contributed by atoms with Gasteiger partial charge in [-0.2, -0.15) is 0 Å². The first-order chi connectivity index (χ1) is 11.9. The Labute approximate surface area is 145 Å². The molecular weight excluding hydrogens is 324 g/mol. The zero-order valence-electron chi connectivity index (χ0n) is 14.6. The Balaban J connectivity index is 2.47. The zero-order valence-corrected chi connectivity index (χ0v) is 14.6. The Morgan fingerprint density at radius 1 is 1.20 bits per heavy atom. The predicted molar refractivity (Wildman–Crippen MR) is 94.7 cm³/mol. The lowest BCUT2D eigenvalue weighted by Crippen LogP contribution is -2.15. The number of nitrogens with one attached hydrogen (secondary N) is 1. The second-order valence-corrected chi connectivity index (χ2v) is 5.48. The highest BCUT2D eigenvalue weighted by molar-refractivity contribution is 6.08. The summed E-state index contributed by atoms with van der Waals surface area (Å²) in [5.74, 6) is -0.0969. The zero-order chi connectivity index (χ0) is 18.6. The molecule has 2 rings (SSSR count). The highest BCUT2D eigenvalue weighted by Gasteiger charge is 2.25. The summed E-state index contributed by atoms with van der Waals surface area (Å²) in [6, 6.07) is 8.14. The van der Waals surface area contributed by atoms with Crippen LogP contribution in [0.25, 0.3) is 0 Å². The van der Waals surface area contributed by atoms with Crippen LogP contribution in [0.2, 0.25) is 0 Å². The van der Waals surface area contributed by atoms with Crippen LogP contribution in [-0.2, 0) is 0 Å². The van der Waals surface area contributed by atoms with E-state index in [0.717, 1.165) is 11.1 Å². The molecule has 2 aromatic carbocycles. The molecule has 1 N–H and O–H groups in total. The van der Waals surface area contributed by atoms with E-state index in [0.29, 0.717) is 12.3 Å². The van der Waals surface area contributed by atoms with Crippen LogP contribution >= 0.6 is 0 Å². The molecule has 0 saturated heterocycles. The van der Waals surface area contributed by atoms with Crippen LogP contribution in [0, 0.1) is 24.0 Å². The first kappa shape index (κ1) is 18.3. The van der Waals surface area contributed by atoms with Gasteiger partial charge in [0.25, 0.3) is 11.6 Å². The van der Waals surface area contributed by atoms with Crippen molar-refractivity contribution in [3.05, 3.63) is 57.1 Å². The first-order valence-corrected chi connectivity index (χ1v) is 7.75. The van der Waals surface area contributed by atoms with E-state index in [-0.39, 0.29) is 22.7 Å². The van der Waals surface area contributed by atoms with Crippen LogP contribution in [0.4, 0.5) is 11.4 Å². The van der Waals surface area contributed by atoms with Crippen molar-refractivity contribution in [1.29, 1.82) is 0 Å². The molecule has 0 saturated carbocycles. The number of aryl methyl sites for hydroxylation is 2. The van der Waals surface area contributed by atoms with Crippen LogP contribution in [0.1, 0.15) is 28.4 Å². The fourth-order valence-corrected chi connectivity index (χ4v) is 2.37. The largest absolute Gasteiger partial charge is 0.493 e. The van der Waals surface area contributed by atoms with Crippen molar-refractivity contribution >= 4 is 17.3 Å². The van der Waals surface area contributed by atoms with Gasteiger partial charge in [0.15, 0.2) is 11.5 Å².